The van der Waals surface area contributed by atoms with Crippen LogP contribution in [0.4, 0.5) is 10.1 Å². The molecule has 1 saturated heterocycles. The molecule has 1 aliphatic rings. The fraction of sp³-hybridized carbons (Fsp3) is 0.200. The van der Waals surface area contributed by atoms with Crippen LogP contribution in [0.5, 0.6) is 0 Å². The van der Waals surface area contributed by atoms with Crippen LogP contribution in [0.3, 0.4) is 0 Å². The number of para-hydroxylation sites is 1. The zero-order chi connectivity index (χ0) is 30.2. The van der Waals surface area contributed by atoms with Crippen molar-refractivity contribution < 1.29 is 17.6 Å². The Morgan fingerprint density at radius 2 is 1.67 bits per heavy atom. The molecule has 42 heavy (non-hydrogen) atoms. The largest absolute Gasteiger partial charge is 0.338 e. The highest BCUT2D eigenvalue weighted by molar-refractivity contribution is 7.92. The van der Waals surface area contributed by atoms with E-state index in [4.69, 9.17) is 23.2 Å². The highest BCUT2D eigenvalue weighted by Crippen LogP contribution is 2.32. The first kappa shape index (κ1) is 29.6. The van der Waals surface area contributed by atoms with Gasteiger partial charge in [0.1, 0.15) is 16.4 Å². The van der Waals surface area contributed by atoms with E-state index in [1.54, 1.807) is 53.9 Å². The maximum absolute atomic E-state index is 13.5. The van der Waals surface area contributed by atoms with E-state index in [1.807, 2.05) is 18.2 Å². The second-order valence-electron chi connectivity index (χ2n) is 9.95. The molecule has 1 fully saturated rings. The van der Waals surface area contributed by atoms with Gasteiger partial charge in [-0.3, -0.25) is 19.0 Å². The number of amides is 1. The van der Waals surface area contributed by atoms with Crippen molar-refractivity contribution in [1.29, 1.82) is 0 Å². The van der Waals surface area contributed by atoms with Crippen LogP contribution in [0.25, 0.3) is 11.8 Å². The number of piperidine rings is 1. The summed E-state index contributed by atoms with van der Waals surface area (Å²) in [6, 6.07) is 17.4. The van der Waals surface area contributed by atoms with E-state index in [-0.39, 0.29) is 32.0 Å². The van der Waals surface area contributed by atoms with E-state index >= 15 is 0 Å². The number of sulfonamides is 1. The standard InChI is InChI=1S/C30H27Cl2FN4O4S/c1-19-28(30(39)37(35(19)2)23-9-4-3-5-10-23)34-42(40,41)27-17-24(25(31)18-26(27)32)29(38)36-13-11-20(12-14-36)15-21-7-6-8-22(33)16-21/h3-10,15-18,34H,11-14H2,1-2H3. The van der Waals surface area contributed by atoms with Crippen LogP contribution in [-0.2, 0) is 17.1 Å². The molecule has 2 heterocycles. The molecular weight excluding hydrogens is 602 g/mol. The van der Waals surface area contributed by atoms with Crippen LogP contribution in [0, 0.1) is 12.7 Å². The van der Waals surface area contributed by atoms with Gasteiger partial charge in [-0.1, -0.05) is 65.2 Å². The van der Waals surface area contributed by atoms with Crippen LogP contribution in [0.15, 0.2) is 82.0 Å². The predicted molar refractivity (Wildman–Crippen MR) is 163 cm³/mol. The Bertz CT molecular complexity index is 1880. The summed E-state index contributed by atoms with van der Waals surface area (Å²) in [7, 11) is -2.76. The van der Waals surface area contributed by atoms with Crippen LogP contribution < -0.4 is 10.3 Å². The molecule has 0 saturated carbocycles. The molecule has 8 nitrogen and oxygen atoms in total. The molecule has 218 valence electrons. The van der Waals surface area contributed by atoms with Gasteiger partial charge in [-0.15, -0.1) is 0 Å². The Hall–Kier alpha value is -3.86. The highest BCUT2D eigenvalue weighted by Gasteiger charge is 2.29. The average molecular weight is 630 g/mol. The molecule has 1 aromatic heterocycles. The van der Waals surface area contributed by atoms with Crippen LogP contribution >= 0.6 is 23.2 Å². The number of anilines is 1. The van der Waals surface area contributed by atoms with Gasteiger partial charge in [0.2, 0.25) is 0 Å². The van der Waals surface area contributed by atoms with Crippen molar-refractivity contribution in [2.45, 2.75) is 24.7 Å². The van der Waals surface area contributed by atoms with E-state index in [0.29, 0.717) is 37.3 Å². The van der Waals surface area contributed by atoms with Crippen molar-refractivity contribution in [2.75, 3.05) is 17.8 Å². The highest BCUT2D eigenvalue weighted by atomic mass is 35.5. The molecule has 0 spiro atoms. The Labute approximate surface area is 252 Å². The zero-order valence-electron chi connectivity index (χ0n) is 22.8. The van der Waals surface area contributed by atoms with Gasteiger partial charge in [0.05, 0.1) is 27.0 Å². The van der Waals surface area contributed by atoms with Gasteiger partial charge in [-0.2, -0.15) is 0 Å². The maximum Gasteiger partial charge on any atom is 0.296 e. The SMILES string of the molecule is Cc1c(NS(=O)(=O)c2cc(C(=O)N3CCC(=Cc4cccc(F)c4)CC3)c(Cl)cc2Cl)c(=O)n(-c2ccccc2)n1C. The van der Waals surface area contributed by atoms with Gasteiger partial charge < -0.3 is 4.90 Å². The fourth-order valence-corrected chi connectivity index (χ4v) is 6.89. The first-order valence-electron chi connectivity index (χ1n) is 13.1. The second kappa shape index (κ2) is 11.8. The van der Waals surface area contributed by atoms with Gasteiger partial charge in [0.25, 0.3) is 21.5 Å². The molecule has 0 bridgehead atoms. The second-order valence-corrected chi connectivity index (χ2v) is 12.4. The molecule has 4 aromatic rings. The number of nitrogens with one attached hydrogen (secondary N) is 1. The quantitative estimate of drug-likeness (QED) is 0.281. The molecular formula is C30H27Cl2FN4O4S. The number of carbonyl (C=O) groups is 1. The monoisotopic (exact) mass is 628 g/mol. The van der Waals surface area contributed by atoms with E-state index in [0.717, 1.165) is 17.2 Å². The Morgan fingerprint density at radius 3 is 2.33 bits per heavy atom. The van der Waals surface area contributed by atoms with Gasteiger partial charge in [0, 0.05) is 20.1 Å². The fourth-order valence-electron chi connectivity index (χ4n) is 4.92. The minimum atomic E-state index is -4.40. The summed E-state index contributed by atoms with van der Waals surface area (Å²) in [5.41, 5.74) is 2.02. The van der Waals surface area contributed by atoms with Gasteiger partial charge >= 0.3 is 0 Å². The number of rotatable bonds is 6. The van der Waals surface area contributed by atoms with Gasteiger partial charge in [0.15, 0.2) is 0 Å². The Balaban J connectivity index is 1.40. The van der Waals surface area contributed by atoms with Gasteiger partial charge in [-0.25, -0.2) is 17.5 Å². The summed E-state index contributed by atoms with van der Waals surface area (Å²) in [6.45, 7) is 2.37. The van der Waals surface area contributed by atoms with E-state index in [1.165, 1.54) is 22.9 Å². The molecule has 0 unspecified atom stereocenters. The summed E-state index contributed by atoms with van der Waals surface area (Å²) in [5.74, 6) is -0.765. The predicted octanol–water partition coefficient (Wildman–Crippen LogP) is 6.05. The van der Waals surface area contributed by atoms with Crippen molar-refractivity contribution in [1.82, 2.24) is 14.3 Å². The smallest absolute Gasteiger partial charge is 0.296 e. The molecule has 1 amide bonds. The van der Waals surface area contributed by atoms with E-state index in [9.17, 15) is 22.4 Å². The lowest BCUT2D eigenvalue weighted by Crippen LogP contribution is -2.36. The number of benzene rings is 3. The van der Waals surface area contributed by atoms with Crippen LogP contribution in [0.2, 0.25) is 10.0 Å². The number of aromatic nitrogens is 2. The molecule has 0 aliphatic carbocycles. The third-order valence-electron chi connectivity index (χ3n) is 7.24. The molecule has 0 atom stereocenters. The Kier molecular flexibility index (Phi) is 8.32. The lowest BCUT2D eigenvalue weighted by atomic mass is 10.00. The topological polar surface area (TPSA) is 93.4 Å². The van der Waals surface area contributed by atoms with Crippen molar-refractivity contribution >= 4 is 50.9 Å². The summed E-state index contributed by atoms with van der Waals surface area (Å²) >= 11 is 12.7. The number of halogens is 3. The molecule has 3 aromatic carbocycles. The number of hydrogen-bond donors (Lipinski definition) is 1. The molecule has 1 N–H and O–H groups in total. The van der Waals surface area contributed by atoms with Crippen molar-refractivity contribution in [2.24, 2.45) is 7.05 Å². The van der Waals surface area contributed by atoms with E-state index < -0.39 is 21.5 Å². The third-order valence-corrected chi connectivity index (χ3v) is 9.37. The summed E-state index contributed by atoms with van der Waals surface area (Å²) < 4.78 is 45.9. The lowest BCUT2D eigenvalue weighted by molar-refractivity contribution is 0.0744. The average Bonchev–Trinajstić information content (AvgIpc) is 3.16. The zero-order valence-corrected chi connectivity index (χ0v) is 25.1. The van der Waals surface area contributed by atoms with Crippen LogP contribution in [0.1, 0.15) is 34.5 Å². The number of hydrogen-bond acceptors (Lipinski definition) is 4. The lowest BCUT2D eigenvalue weighted by Gasteiger charge is -2.29. The normalized spacial score (nSPS) is 13.7. The summed E-state index contributed by atoms with van der Waals surface area (Å²) in [4.78, 5) is 27.9. The first-order chi connectivity index (χ1) is 20.0. The maximum atomic E-state index is 13.5. The number of carbonyl (C=O) groups excluding carboxylic acids is 1. The first-order valence-corrected chi connectivity index (χ1v) is 15.3. The van der Waals surface area contributed by atoms with Crippen molar-refractivity contribution in [3.63, 3.8) is 0 Å². The minimum absolute atomic E-state index is 0.00683. The molecule has 0 radical (unpaired) electrons. The number of likely N-dealkylation sites (tertiary alicyclic amines) is 1. The van der Waals surface area contributed by atoms with Crippen molar-refractivity contribution in [3.8, 4) is 5.69 Å². The molecule has 12 heteroatoms. The minimum Gasteiger partial charge on any atom is -0.338 e. The van der Waals surface area contributed by atoms with Crippen molar-refractivity contribution in [3.05, 3.63) is 115 Å². The van der Waals surface area contributed by atoms with E-state index in [2.05, 4.69) is 4.72 Å². The number of nitrogens with zero attached hydrogens (tertiary/aromatic N) is 3. The summed E-state index contributed by atoms with van der Waals surface area (Å²) in [6.07, 6.45) is 3.05. The van der Waals surface area contributed by atoms with Crippen LogP contribution in [-0.4, -0.2) is 41.7 Å². The molecule has 5 rings (SSSR count). The Morgan fingerprint density at radius 1 is 0.976 bits per heavy atom. The summed E-state index contributed by atoms with van der Waals surface area (Å²) in [5, 5.41) is -0.188. The van der Waals surface area contributed by atoms with Gasteiger partial charge in [-0.05, 0) is 61.7 Å². The third kappa shape index (κ3) is 5.88. The molecule has 1 aliphatic heterocycles.